The molecule has 1 aromatic rings. The normalized spacial score (nSPS) is 15.4. The molecule has 0 atom stereocenters. The number of nitrogens with zero attached hydrogens (tertiary/aromatic N) is 1. The van der Waals surface area contributed by atoms with Crippen LogP contribution < -0.4 is 15.8 Å². The number of benzene rings is 1. The van der Waals surface area contributed by atoms with E-state index < -0.39 is 26.8 Å². The number of nitrogen functional groups attached to an aromatic ring is 1. The number of amides is 1. The van der Waals surface area contributed by atoms with Gasteiger partial charge in [0.15, 0.2) is 0 Å². The van der Waals surface area contributed by atoms with E-state index in [2.05, 4.69) is 10.0 Å². The molecule has 0 unspecified atom stereocenters. The van der Waals surface area contributed by atoms with Crippen LogP contribution in [0.25, 0.3) is 0 Å². The summed E-state index contributed by atoms with van der Waals surface area (Å²) < 4.78 is 26.4. The predicted octanol–water partition coefficient (Wildman–Crippen LogP) is -1.08. The molecule has 1 aliphatic heterocycles. The molecule has 1 amide bonds. The van der Waals surface area contributed by atoms with Gasteiger partial charge in [-0.3, -0.25) is 4.79 Å². The van der Waals surface area contributed by atoms with Crippen LogP contribution in [0.4, 0.5) is 5.69 Å². The topological polar surface area (TPSA) is 142 Å². The Labute approximate surface area is 133 Å². The van der Waals surface area contributed by atoms with Crippen LogP contribution in [-0.4, -0.2) is 63.5 Å². The molecule has 0 bridgehead atoms. The van der Waals surface area contributed by atoms with Crippen LogP contribution in [0.1, 0.15) is 20.7 Å². The number of piperazine rings is 1. The Balaban J connectivity index is 2.59. The smallest absolute Gasteiger partial charge is 0.337 e. The van der Waals surface area contributed by atoms with Crippen LogP contribution >= 0.6 is 0 Å². The number of hydrogen-bond donors (Lipinski definition) is 4. The fourth-order valence-corrected chi connectivity index (χ4v) is 3.25. The SMILES string of the molecule is CNS(=O)(=O)c1cc(C(=O)O)c(N)cc1C(=O)N1CCNCC1. The molecule has 1 heterocycles. The fraction of sp³-hybridized carbons (Fsp3) is 0.385. The minimum Gasteiger partial charge on any atom is -0.478 e. The van der Waals surface area contributed by atoms with Crippen molar-refractivity contribution < 1.29 is 23.1 Å². The van der Waals surface area contributed by atoms with E-state index >= 15 is 0 Å². The van der Waals surface area contributed by atoms with Gasteiger partial charge in [-0.1, -0.05) is 0 Å². The van der Waals surface area contributed by atoms with E-state index in [4.69, 9.17) is 10.8 Å². The molecule has 9 nitrogen and oxygen atoms in total. The maximum absolute atomic E-state index is 12.6. The second kappa shape index (κ2) is 6.52. The van der Waals surface area contributed by atoms with Crippen molar-refractivity contribution in [3.8, 4) is 0 Å². The third kappa shape index (κ3) is 3.44. The van der Waals surface area contributed by atoms with E-state index in [-0.39, 0.29) is 16.8 Å². The first-order valence-corrected chi connectivity index (χ1v) is 8.36. The molecule has 1 aliphatic rings. The van der Waals surface area contributed by atoms with Crippen LogP contribution in [0, 0.1) is 0 Å². The summed E-state index contributed by atoms with van der Waals surface area (Å²) >= 11 is 0. The number of carboxylic acid groups (broad SMARTS) is 1. The highest BCUT2D eigenvalue weighted by atomic mass is 32.2. The van der Waals surface area contributed by atoms with Crippen molar-refractivity contribution in [3.05, 3.63) is 23.3 Å². The van der Waals surface area contributed by atoms with Gasteiger partial charge in [0.2, 0.25) is 10.0 Å². The maximum Gasteiger partial charge on any atom is 0.337 e. The van der Waals surface area contributed by atoms with Gasteiger partial charge in [0, 0.05) is 31.9 Å². The van der Waals surface area contributed by atoms with Crippen LogP contribution in [0.15, 0.2) is 17.0 Å². The first-order chi connectivity index (χ1) is 10.8. The highest BCUT2D eigenvalue weighted by molar-refractivity contribution is 7.89. The number of anilines is 1. The monoisotopic (exact) mass is 342 g/mol. The van der Waals surface area contributed by atoms with Crippen molar-refractivity contribution in [3.63, 3.8) is 0 Å². The third-order valence-corrected chi connectivity index (χ3v) is 5.03. The summed E-state index contributed by atoms with van der Waals surface area (Å²) in [6, 6.07) is 2.02. The van der Waals surface area contributed by atoms with Crippen molar-refractivity contribution in [2.75, 3.05) is 39.0 Å². The molecule has 2 rings (SSSR count). The Hall–Kier alpha value is -2.17. The quantitative estimate of drug-likeness (QED) is 0.510. The number of carboxylic acids is 1. The van der Waals surface area contributed by atoms with E-state index in [0.717, 1.165) is 12.1 Å². The molecular formula is C13H18N4O5S. The number of sulfonamides is 1. The molecule has 5 N–H and O–H groups in total. The molecule has 126 valence electrons. The summed E-state index contributed by atoms with van der Waals surface area (Å²) in [4.78, 5) is 24.9. The lowest BCUT2D eigenvalue weighted by Gasteiger charge is -2.28. The van der Waals surface area contributed by atoms with E-state index in [1.807, 2.05) is 0 Å². The third-order valence-electron chi connectivity index (χ3n) is 3.58. The fourth-order valence-electron chi connectivity index (χ4n) is 2.32. The Kier molecular flexibility index (Phi) is 4.88. The van der Waals surface area contributed by atoms with E-state index in [0.29, 0.717) is 26.2 Å². The summed E-state index contributed by atoms with van der Waals surface area (Å²) in [6.07, 6.45) is 0. The molecule has 1 fully saturated rings. The number of carbonyl (C=O) groups excluding carboxylic acids is 1. The Morgan fingerprint density at radius 1 is 1.26 bits per heavy atom. The van der Waals surface area contributed by atoms with Gasteiger partial charge in [-0.2, -0.15) is 0 Å². The number of rotatable bonds is 4. The van der Waals surface area contributed by atoms with Gasteiger partial charge in [0.25, 0.3) is 5.91 Å². The van der Waals surface area contributed by atoms with Gasteiger partial charge in [0.1, 0.15) is 0 Å². The lowest BCUT2D eigenvalue weighted by Crippen LogP contribution is -2.46. The van der Waals surface area contributed by atoms with E-state index in [9.17, 15) is 18.0 Å². The summed E-state index contributed by atoms with van der Waals surface area (Å²) in [6.45, 7) is 2.06. The number of aromatic carboxylic acids is 1. The molecule has 0 aromatic heterocycles. The van der Waals surface area contributed by atoms with Crippen molar-refractivity contribution in [1.29, 1.82) is 0 Å². The van der Waals surface area contributed by atoms with Gasteiger partial charge in [-0.25, -0.2) is 17.9 Å². The average molecular weight is 342 g/mol. The highest BCUT2D eigenvalue weighted by Crippen LogP contribution is 2.25. The number of carbonyl (C=O) groups is 2. The molecule has 1 saturated heterocycles. The Morgan fingerprint density at radius 3 is 2.39 bits per heavy atom. The zero-order valence-electron chi connectivity index (χ0n) is 12.5. The van der Waals surface area contributed by atoms with Crippen molar-refractivity contribution in [2.24, 2.45) is 0 Å². The molecule has 10 heteroatoms. The zero-order chi connectivity index (χ0) is 17.2. The minimum atomic E-state index is -4.02. The summed E-state index contributed by atoms with van der Waals surface area (Å²) in [5.74, 6) is -1.86. The van der Waals surface area contributed by atoms with Crippen LogP contribution in [0.3, 0.4) is 0 Å². The number of nitrogens with two attached hydrogens (primary N) is 1. The predicted molar refractivity (Wildman–Crippen MR) is 82.8 cm³/mol. The van der Waals surface area contributed by atoms with Crippen molar-refractivity contribution in [2.45, 2.75) is 4.90 Å². The van der Waals surface area contributed by atoms with Gasteiger partial charge in [-0.05, 0) is 19.2 Å². The summed E-state index contributed by atoms with van der Waals surface area (Å²) in [7, 11) is -2.83. The van der Waals surface area contributed by atoms with E-state index in [1.54, 1.807) is 0 Å². The zero-order valence-corrected chi connectivity index (χ0v) is 13.3. The maximum atomic E-state index is 12.6. The average Bonchev–Trinajstić information content (AvgIpc) is 2.54. The number of hydrogen-bond acceptors (Lipinski definition) is 6. The standard InChI is InChI=1S/C13H18N4O5S/c1-15-23(21,22)11-7-8(13(19)20)10(14)6-9(11)12(18)17-4-2-16-3-5-17/h6-7,15-16H,2-5,14H2,1H3,(H,19,20). The summed E-state index contributed by atoms with van der Waals surface area (Å²) in [5.41, 5.74) is 5.00. The van der Waals surface area contributed by atoms with E-state index in [1.165, 1.54) is 11.9 Å². The molecule has 1 aromatic carbocycles. The van der Waals surface area contributed by atoms with Crippen LogP contribution in [-0.2, 0) is 10.0 Å². The van der Waals surface area contributed by atoms with Crippen LogP contribution in [0.2, 0.25) is 0 Å². The summed E-state index contributed by atoms with van der Waals surface area (Å²) in [5, 5.41) is 12.2. The Bertz CT molecular complexity index is 741. The second-order valence-electron chi connectivity index (χ2n) is 4.99. The first-order valence-electron chi connectivity index (χ1n) is 6.88. The number of nitrogens with one attached hydrogen (secondary N) is 2. The van der Waals surface area contributed by atoms with Gasteiger partial charge < -0.3 is 21.1 Å². The minimum absolute atomic E-state index is 0.135. The van der Waals surface area contributed by atoms with Crippen LogP contribution in [0.5, 0.6) is 0 Å². The van der Waals surface area contributed by atoms with Gasteiger partial charge in [-0.15, -0.1) is 0 Å². The van der Waals surface area contributed by atoms with Crippen molar-refractivity contribution >= 4 is 27.6 Å². The Morgan fingerprint density at radius 2 is 1.87 bits per heavy atom. The highest BCUT2D eigenvalue weighted by Gasteiger charge is 2.28. The molecule has 0 radical (unpaired) electrons. The van der Waals surface area contributed by atoms with Crippen molar-refractivity contribution in [1.82, 2.24) is 14.9 Å². The second-order valence-corrected chi connectivity index (χ2v) is 6.85. The molecule has 0 saturated carbocycles. The lowest BCUT2D eigenvalue weighted by molar-refractivity contribution is 0.0692. The van der Waals surface area contributed by atoms with Gasteiger partial charge >= 0.3 is 5.97 Å². The molecule has 23 heavy (non-hydrogen) atoms. The van der Waals surface area contributed by atoms with Gasteiger partial charge in [0.05, 0.1) is 16.0 Å². The first kappa shape index (κ1) is 17.2. The molecular weight excluding hydrogens is 324 g/mol. The lowest BCUT2D eigenvalue weighted by atomic mass is 10.1. The largest absolute Gasteiger partial charge is 0.478 e. The molecule has 0 aliphatic carbocycles. The molecule has 0 spiro atoms.